The smallest absolute Gasteiger partial charge is 0.223 e. The van der Waals surface area contributed by atoms with Crippen molar-refractivity contribution in [3.63, 3.8) is 0 Å². The molecule has 1 aliphatic carbocycles. The van der Waals surface area contributed by atoms with Crippen LogP contribution in [0.15, 0.2) is 54.6 Å². The molecule has 0 radical (unpaired) electrons. The van der Waals surface area contributed by atoms with E-state index in [2.05, 4.69) is 39.4 Å². The minimum Gasteiger partial charge on any atom is -0.369 e. The van der Waals surface area contributed by atoms with E-state index in [4.69, 9.17) is 0 Å². The lowest BCUT2D eigenvalue weighted by molar-refractivity contribution is -0.128. The van der Waals surface area contributed by atoms with Gasteiger partial charge in [0.1, 0.15) is 5.82 Å². The van der Waals surface area contributed by atoms with E-state index in [9.17, 15) is 9.18 Å². The van der Waals surface area contributed by atoms with Crippen LogP contribution in [-0.2, 0) is 4.79 Å². The van der Waals surface area contributed by atoms with Crippen molar-refractivity contribution >= 4 is 11.6 Å². The second-order valence-corrected chi connectivity index (χ2v) is 7.87. The monoisotopic (exact) mass is 381 g/mol. The number of hydrogen-bond acceptors (Lipinski definition) is 3. The van der Waals surface area contributed by atoms with Crippen LogP contribution in [-0.4, -0.2) is 50.1 Å². The van der Waals surface area contributed by atoms with Gasteiger partial charge in [0, 0.05) is 50.9 Å². The fourth-order valence-corrected chi connectivity index (χ4v) is 4.19. The van der Waals surface area contributed by atoms with E-state index in [-0.39, 0.29) is 17.6 Å². The van der Waals surface area contributed by atoms with Gasteiger partial charge < -0.3 is 10.2 Å². The van der Waals surface area contributed by atoms with Crippen LogP contribution in [0.3, 0.4) is 0 Å². The summed E-state index contributed by atoms with van der Waals surface area (Å²) < 4.78 is 13.1. The Morgan fingerprint density at radius 1 is 0.964 bits per heavy atom. The average molecular weight is 381 g/mol. The second kappa shape index (κ2) is 8.74. The standard InChI is InChI=1S/C23H28FN3O/c24-21-6-8-22(9-7-21)27-14-12-26(13-15-27)11-10-25-23(28)20-16-19(17-20)18-4-2-1-3-5-18/h1-9,19-20H,10-17H2,(H,25,28). The molecule has 0 unspecified atom stereocenters. The van der Waals surface area contributed by atoms with Gasteiger partial charge >= 0.3 is 0 Å². The number of rotatable bonds is 6. The number of nitrogens with zero attached hydrogens (tertiary/aromatic N) is 2. The summed E-state index contributed by atoms with van der Waals surface area (Å²) in [5.74, 6) is 0.717. The molecule has 5 heteroatoms. The predicted molar refractivity (Wildman–Crippen MR) is 110 cm³/mol. The van der Waals surface area contributed by atoms with E-state index in [0.717, 1.165) is 51.3 Å². The van der Waals surface area contributed by atoms with Gasteiger partial charge in [0.2, 0.25) is 5.91 Å². The number of carbonyl (C=O) groups is 1. The van der Waals surface area contributed by atoms with Crippen molar-refractivity contribution in [3.8, 4) is 0 Å². The van der Waals surface area contributed by atoms with Gasteiger partial charge in [-0.15, -0.1) is 0 Å². The predicted octanol–water partition coefficient (Wildman–Crippen LogP) is 3.26. The highest BCUT2D eigenvalue weighted by Crippen LogP contribution is 2.41. The van der Waals surface area contributed by atoms with Gasteiger partial charge in [-0.3, -0.25) is 9.69 Å². The van der Waals surface area contributed by atoms with Crippen LogP contribution in [0.4, 0.5) is 10.1 Å². The summed E-state index contributed by atoms with van der Waals surface area (Å²) in [6.07, 6.45) is 1.93. The van der Waals surface area contributed by atoms with Gasteiger partial charge in [-0.2, -0.15) is 0 Å². The molecule has 1 saturated carbocycles. The minimum absolute atomic E-state index is 0.167. The number of piperazine rings is 1. The quantitative estimate of drug-likeness (QED) is 0.834. The Hall–Kier alpha value is -2.40. The summed E-state index contributed by atoms with van der Waals surface area (Å²) in [6, 6.07) is 17.2. The molecule has 2 aromatic rings. The molecule has 4 rings (SSSR count). The number of carbonyl (C=O) groups excluding carboxylic acids is 1. The average Bonchev–Trinajstić information content (AvgIpc) is 2.69. The van der Waals surface area contributed by atoms with Crippen molar-refractivity contribution in [2.24, 2.45) is 5.92 Å². The minimum atomic E-state index is -0.195. The lowest BCUT2D eigenvalue weighted by atomic mass is 9.71. The van der Waals surface area contributed by atoms with Crippen molar-refractivity contribution in [2.75, 3.05) is 44.2 Å². The molecule has 4 nitrogen and oxygen atoms in total. The zero-order chi connectivity index (χ0) is 19.3. The first kappa shape index (κ1) is 18.9. The fraction of sp³-hybridized carbons (Fsp3) is 0.435. The SMILES string of the molecule is O=C(NCCN1CCN(c2ccc(F)cc2)CC1)C1CC(c2ccccc2)C1. The first-order chi connectivity index (χ1) is 13.7. The second-order valence-electron chi connectivity index (χ2n) is 7.87. The van der Waals surface area contributed by atoms with Crippen LogP contribution in [0.5, 0.6) is 0 Å². The third-order valence-electron chi connectivity index (χ3n) is 6.07. The molecule has 148 valence electrons. The van der Waals surface area contributed by atoms with Gasteiger partial charge in [-0.25, -0.2) is 4.39 Å². The lowest BCUT2D eigenvalue weighted by Crippen LogP contribution is -2.49. The van der Waals surface area contributed by atoms with Crippen molar-refractivity contribution < 1.29 is 9.18 Å². The van der Waals surface area contributed by atoms with Crippen LogP contribution in [0.1, 0.15) is 24.3 Å². The van der Waals surface area contributed by atoms with Gasteiger partial charge in [-0.1, -0.05) is 30.3 Å². The van der Waals surface area contributed by atoms with Crippen LogP contribution in [0.2, 0.25) is 0 Å². The molecular weight excluding hydrogens is 353 g/mol. The van der Waals surface area contributed by atoms with Gasteiger partial charge in [-0.05, 0) is 48.6 Å². The highest BCUT2D eigenvalue weighted by molar-refractivity contribution is 5.79. The van der Waals surface area contributed by atoms with Gasteiger partial charge in [0.05, 0.1) is 0 Å². The largest absolute Gasteiger partial charge is 0.369 e. The van der Waals surface area contributed by atoms with Gasteiger partial charge in [0.25, 0.3) is 0 Å². The molecule has 1 N–H and O–H groups in total. The van der Waals surface area contributed by atoms with Gasteiger partial charge in [0.15, 0.2) is 0 Å². The molecule has 1 heterocycles. The van der Waals surface area contributed by atoms with E-state index in [1.807, 2.05) is 18.2 Å². The van der Waals surface area contributed by atoms with E-state index in [1.165, 1.54) is 17.7 Å². The summed E-state index contributed by atoms with van der Waals surface area (Å²) in [4.78, 5) is 17.0. The first-order valence-electron chi connectivity index (χ1n) is 10.2. The number of amides is 1. The van der Waals surface area contributed by atoms with Crippen LogP contribution >= 0.6 is 0 Å². The molecule has 1 saturated heterocycles. The van der Waals surface area contributed by atoms with Crippen molar-refractivity contribution in [1.82, 2.24) is 10.2 Å². The Kier molecular flexibility index (Phi) is 5.91. The summed E-state index contributed by atoms with van der Waals surface area (Å²) in [5.41, 5.74) is 2.43. The third kappa shape index (κ3) is 4.53. The number of anilines is 1. The van der Waals surface area contributed by atoms with E-state index in [1.54, 1.807) is 0 Å². The summed E-state index contributed by atoms with van der Waals surface area (Å²) in [5, 5.41) is 3.12. The first-order valence-corrected chi connectivity index (χ1v) is 10.2. The molecule has 0 atom stereocenters. The normalized spacial score (nSPS) is 22.5. The summed E-state index contributed by atoms with van der Waals surface area (Å²) in [7, 11) is 0. The highest BCUT2D eigenvalue weighted by Gasteiger charge is 2.35. The Balaban J connectivity index is 1.13. The molecule has 1 amide bonds. The molecule has 2 aromatic carbocycles. The summed E-state index contributed by atoms with van der Waals surface area (Å²) in [6.45, 7) is 5.39. The van der Waals surface area contributed by atoms with Crippen LogP contribution < -0.4 is 10.2 Å². The maximum Gasteiger partial charge on any atom is 0.223 e. The number of nitrogens with one attached hydrogen (secondary N) is 1. The Morgan fingerprint density at radius 2 is 1.64 bits per heavy atom. The van der Waals surface area contributed by atoms with E-state index < -0.39 is 0 Å². The lowest BCUT2D eigenvalue weighted by Gasteiger charge is -2.37. The van der Waals surface area contributed by atoms with Crippen LogP contribution in [0.25, 0.3) is 0 Å². The fourth-order valence-electron chi connectivity index (χ4n) is 4.19. The molecule has 1 aliphatic heterocycles. The molecule has 28 heavy (non-hydrogen) atoms. The molecule has 0 spiro atoms. The third-order valence-corrected chi connectivity index (χ3v) is 6.07. The number of hydrogen-bond donors (Lipinski definition) is 1. The molecular formula is C23H28FN3O. The van der Waals surface area contributed by atoms with Crippen molar-refractivity contribution in [2.45, 2.75) is 18.8 Å². The van der Waals surface area contributed by atoms with E-state index >= 15 is 0 Å². The number of benzene rings is 2. The zero-order valence-electron chi connectivity index (χ0n) is 16.2. The Labute approximate surface area is 166 Å². The molecule has 2 aliphatic rings. The topological polar surface area (TPSA) is 35.6 Å². The Bertz CT molecular complexity index is 766. The summed E-state index contributed by atoms with van der Waals surface area (Å²) >= 11 is 0. The van der Waals surface area contributed by atoms with E-state index in [0.29, 0.717) is 12.5 Å². The molecule has 0 bridgehead atoms. The number of halogens is 1. The van der Waals surface area contributed by atoms with Crippen molar-refractivity contribution in [1.29, 1.82) is 0 Å². The Morgan fingerprint density at radius 3 is 2.32 bits per heavy atom. The molecule has 2 fully saturated rings. The maximum atomic E-state index is 13.1. The highest BCUT2D eigenvalue weighted by atomic mass is 19.1. The zero-order valence-corrected chi connectivity index (χ0v) is 16.2. The molecule has 0 aromatic heterocycles. The maximum absolute atomic E-state index is 13.1. The van der Waals surface area contributed by atoms with Crippen molar-refractivity contribution in [3.05, 3.63) is 66.0 Å². The van der Waals surface area contributed by atoms with Crippen LogP contribution in [0, 0.1) is 11.7 Å².